The Morgan fingerprint density at radius 3 is 2.56 bits per heavy atom. The number of aliphatic hydroxyl groups is 1. The first-order valence-electron chi connectivity index (χ1n) is 14.1. The van der Waals surface area contributed by atoms with E-state index in [1.165, 1.54) is 13.1 Å². The summed E-state index contributed by atoms with van der Waals surface area (Å²) in [6.45, 7) is 2.40. The van der Waals surface area contributed by atoms with E-state index < -0.39 is 11.5 Å². The van der Waals surface area contributed by atoms with Gasteiger partial charge in [-0.1, -0.05) is 72.4 Å². The van der Waals surface area contributed by atoms with E-state index in [9.17, 15) is 14.7 Å². The van der Waals surface area contributed by atoms with Crippen molar-refractivity contribution in [1.29, 1.82) is 0 Å². The van der Waals surface area contributed by atoms with Crippen LogP contribution in [0.4, 0.5) is 5.69 Å². The van der Waals surface area contributed by atoms with Crippen molar-refractivity contribution in [3.8, 4) is 28.3 Å². The van der Waals surface area contributed by atoms with Crippen LogP contribution in [0.2, 0.25) is 10.2 Å². The van der Waals surface area contributed by atoms with E-state index in [0.29, 0.717) is 28.8 Å². The summed E-state index contributed by atoms with van der Waals surface area (Å²) in [5, 5.41) is 21.0. The maximum absolute atomic E-state index is 13.0. The number of nitrogens with zero attached hydrogens (tertiary/aromatic N) is 3. The summed E-state index contributed by atoms with van der Waals surface area (Å²) in [6.07, 6.45) is 3.57. The second kappa shape index (κ2) is 13.3. The molecular weight excluding hydrogens is 589 g/mol. The number of methoxy groups -OCH3 is 1. The molecule has 0 bridgehead atoms. The summed E-state index contributed by atoms with van der Waals surface area (Å²) in [7, 11) is 3.02. The maximum Gasteiger partial charge on any atom is 0.279 e. The Morgan fingerprint density at radius 1 is 1.07 bits per heavy atom. The van der Waals surface area contributed by atoms with Crippen molar-refractivity contribution in [2.75, 3.05) is 12.4 Å². The molecule has 1 aliphatic carbocycles. The summed E-state index contributed by atoms with van der Waals surface area (Å²) < 4.78 is 6.65. The van der Waals surface area contributed by atoms with E-state index in [2.05, 4.69) is 15.7 Å². The molecule has 2 atom stereocenters. The number of ether oxygens (including phenoxy) is 1. The van der Waals surface area contributed by atoms with Crippen molar-refractivity contribution < 1.29 is 14.6 Å². The quantitative estimate of drug-likeness (QED) is 0.228. The number of hydrogen-bond donors (Lipinski definition) is 3. The molecule has 1 saturated carbocycles. The van der Waals surface area contributed by atoms with Crippen LogP contribution in [0.15, 0.2) is 59.4 Å². The number of amides is 1. The van der Waals surface area contributed by atoms with Crippen LogP contribution < -0.4 is 20.9 Å². The van der Waals surface area contributed by atoms with Crippen molar-refractivity contribution in [2.24, 2.45) is 7.05 Å². The number of halogens is 2. The van der Waals surface area contributed by atoms with Crippen LogP contribution in [-0.4, -0.2) is 45.0 Å². The Bertz CT molecular complexity index is 1720. The highest BCUT2D eigenvalue weighted by atomic mass is 35.5. The molecule has 0 aliphatic heterocycles. The molecule has 1 fully saturated rings. The molecule has 0 unspecified atom stereocenters. The van der Waals surface area contributed by atoms with Gasteiger partial charge >= 0.3 is 0 Å². The summed E-state index contributed by atoms with van der Waals surface area (Å²) in [4.78, 5) is 30.2. The fraction of sp³-hybridized carbons (Fsp3) is 0.312. The smallest absolute Gasteiger partial charge is 0.279 e. The van der Waals surface area contributed by atoms with Gasteiger partial charge in [-0.15, -0.1) is 0 Å². The van der Waals surface area contributed by atoms with Crippen molar-refractivity contribution >= 4 is 34.8 Å². The fourth-order valence-corrected chi connectivity index (χ4v) is 5.99. The second-order valence-corrected chi connectivity index (χ2v) is 11.4. The average Bonchev–Trinajstić information content (AvgIpc) is 3.00. The number of pyridine rings is 1. The minimum absolute atomic E-state index is 0.0406. The van der Waals surface area contributed by atoms with Crippen LogP contribution in [0.25, 0.3) is 22.4 Å². The molecule has 1 amide bonds. The summed E-state index contributed by atoms with van der Waals surface area (Å²) in [5.41, 5.74) is 4.46. The Kier molecular flexibility index (Phi) is 9.46. The lowest BCUT2D eigenvalue weighted by Crippen LogP contribution is -2.41. The third kappa shape index (κ3) is 6.60. The monoisotopic (exact) mass is 621 g/mol. The van der Waals surface area contributed by atoms with Gasteiger partial charge in [0.2, 0.25) is 5.88 Å². The third-order valence-electron chi connectivity index (χ3n) is 7.84. The number of nitrogens with one attached hydrogen (secondary N) is 2. The van der Waals surface area contributed by atoms with E-state index in [-0.39, 0.29) is 22.9 Å². The number of hydrogen-bond acceptors (Lipinski definition) is 7. The molecule has 3 N–H and O–H groups in total. The number of benzene rings is 2. The van der Waals surface area contributed by atoms with Crippen LogP contribution in [-0.2, 0) is 13.6 Å². The topological polar surface area (TPSA) is 118 Å². The molecular formula is C32H33Cl2N5O4. The van der Waals surface area contributed by atoms with Crippen LogP contribution in [0.5, 0.6) is 5.88 Å². The van der Waals surface area contributed by atoms with Gasteiger partial charge in [-0.2, -0.15) is 5.10 Å². The predicted molar refractivity (Wildman–Crippen MR) is 169 cm³/mol. The van der Waals surface area contributed by atoms with E-state index >= 15 is 0 Å². The molecule has 0 spiro atoms. The molecule has 43 heavy (non-hydrogen) atoms. The van der Waals surface area contributed by atoms with Crippen LogP contribution in [0.3, 0.4) is 0 Å². The van der Waals surface area contributed by atoms with Crippen molar-refractivity contribution in [3.63, 3.8) is 0 Å². The molecule has 2 aromatic heterocycles. The number of carbonyl (C=O) groups excluding carboxylic acids is 1. The summed E-state index contributed by atoms with van der Waals surface area (Å²) in [5.74, 6) is -0.103. The van der Waals surface area contributed by atoms with E-state index in [4.69, 9.17) is 32.9 Å². The first-order chi connectivity index (χ1) is 20.7. The Hall–Kier alpha value is -3.76. The van der Waals surface area contributed by atoms with E-state index in [1.54, 1.807) is 13.2 Å². The number of aromatic nitrogens is 3. The van der Waals surface area contributed by atoms with Crippen LogP contribution >= 0.6 is 23.2 Å². The Balaban J connectivity index is 1.41. The maximum atomic E-state index is 13.0. The SMILES string of the molecule is COc1nc(-c2cccc(-c3cccc(NC(=O)c4cc(Cl)nn(C)c4=O)c3C)c2Cl)ccc1CN[C@@H]1CCCC[C@@H]1O. The van der Waals surface area contributed by atoms with Crippen molar-refractivity contribution in [2.45, 2.75) is 51.3 Å². The highest BCUT2D eigenvalue weighted by molar-refractivity contribution is 6.36. The summed E-state index contributed by atoms with van der Waals surface area (Å²) in [6, 6.07) is 16.4. The minimum Gasteiger partial charge on any atom is -0.481 e. The first kappa shape index (κ1) is 30.7. The van der Waals surface area contributed by atoms with Gasteiger partial charge in [0.15, 0.2) is 5.15 Å². The number of carbonyl (C=O) groups is 1. The zero-order chi connectivity index (χ0) is 30.7. The van der Waals surface area contributed by atoms with Gasteiger partial charge in [-0.25, -0.2) is 9.67 Å². The van der Waals surface area contributed by atoms with Gasteiger partial charge < -0.3 is 20.5 Å². The standard InChI is InChI=1S/C32H33Cl2N5O4/c1-18-20(8-7-12-24(18)36-30(41)23-16-28(33)38-39(2)32(23)42)21-9-6-10-22(29(21)34)25-15-14-19(31(37-25)43-3)17-35-26-11-4-5-13-27(26)40/h6-10,12,14-16,26-27,35,40H,4-5,11,13,17H2,1-3H3,(H,36,41)/t26-,27+/m1/s1. The highest BCUT2D eigenvalue weighted by Gasteiger charge is 2.23. The number of aryl methyl sites for hydroxylation is 1. The largest absolute Gasteiger partial charge is 0.481 e. The molecule has 2 aromatic carbocycles. The van der Waals surface area contributed by atoms with Gasteiger partial charge in [-0.05, 0) is 49.1 Å². The van der Waals surface area contributed by atoms with E-state index in [1.807, 2.05) is 49.4 Å². The molecule has 2 heterocycles. The van der Waals surface area contributed by atoms with Gasteiger partial charge in [0.05, 0.1) is 23.9 Å². The lowest BCUT2D eigenvalue weighted by Gasteiger charge is -2.28. The predicted octanol–water partition coefficient (Wildman–Crippen LogP) is 5.78. The Labute approximate surface area is 259 Å². The highest BCUT2D eigenvalue weighted by Crippen LogP contribution is 2.39. The first-order valence-corrected chi connectivity index (χ1v) is 14.8. The molecule has 224 valence electrons. The van der Waals surface area contributed by atoms with Gasteiger partial charge in [0.1, 0.15) is 5.56 Å². The van der Waals surface area contributed by atoms with Crippen molar-refractivity contribution in [1.82, 2.24) is 20.1 Å². The van der Waals surface area contributed by atoms with Crippen LogP contribution in [0.1, 0.15) is 47.2 Å². The average molecular weight is 623 g/mol. The number of rotatable bonds is 8. The fourth-order valence-electron chi connectivity index (χ4n) is 5.45. The molecule has 4 aromatic rings. The second-order valence-electron chi connectivity index (χ2n) is 10.6. The van der Waals surface area contributed by atoms with Crippen molar-refractivity contribution in [3.05, 3.63) is 91.8 Å². The molecule has 11 heteroatoms. The zero-order valence-electron chi connectivity index (χ0n) is 24.2. The summed E-state index contributed by atoms with van der Waals surface area (Å²) >= 11 is 13.0. The van der Waals surface area contributed by atoms with E-state index in [0.717, 1.165) is 58.2 Å². The Morgan fingerprint density at radius 2 is 1.79 bits per heavy atom. The van der Waals surface area contributed by atoms with Gasteiger partial charge in [0.25, 0.3) is 11.5 Å². The lowest BCUT2D eigenvalue weighted by atomic mass is 9.92. The number of aliphatic hydroxyl groups excluding tert-OH is 1. The van der Waals surface area contributed by atoms with Gasteiger partial charge in [-0.3, -0.25) is 9.59 Å². The number of anilines is 1. The lowest BCUT2D eigenvalue weighted by molar-refractivity contribution is 0.0901. The molecule has 9 nitrogen and oxygen atoms in total. The molecule has 1 aliphatic rings. The zero-order valence-corrected chi connectivity index (χ0v) is 25.7. The van der Waals surface area contributed by atoms with Crippen LogP contribution in [0, 0.1) is 6.92 Å². The third-order valence-corrected chi connectivity index (χ3v) is 8.43. The minimum atomic E-state index is -0.589. The molecule has 0 saturated heterocycles. The normalized spacial score (nSPS) is 16.6. The molecule has 0 radical (unpaired) electrons. The molecule has 5 rings (SSSR count). The van der Waals surface area contributed by atoms with Gasteiger partial charge in [0, 0.05) is 42.0 Å².